The molecule has 2 heterocycles. The molecule has 0 aliphatic rings. The lowest BCUT2D eigenvalue weighted by Gasteiger charge is -2.13. The third kappa shape index (κ3) is 3.02. The van der Waals surface area contributed by atoms with Crippen LogP contribution >= 0.6 is 0 Å². The van der Waals surface area contributed by atoms with E-state index in [1.807, 2.05) is 0 Å². The molecule has 8 heteroatoms. The molecule has 3 aromatic rings. The summed E-state index contributed by atoms with van der Waals surface area (Å²) < 4.78 is 10.4. The van der Waals surface area contributed by atoms with Crippen LogP contribution < -0.4 is 5.32 Å². The number of non-ortho nitro benzene ring substituents is 1. The number of rotatable bonds is 5. The molecule has 0 radical (unpaired) electrons. The van der Waals surface area contributed by atoms with Crippen molar-refractivity contribution in [3.05, 3.63) is 70.4 Å². The topological polar surface area (TPSA) is 111 Å². The SMILES string of the molecule is C[C@H](NC(=O)c1ncoc1-c1ccco1)c1cccc([N+](=O)[O-])c1. The summed E-state index contributed by atoms with van der Waals surface area (Å²) in [5.74, 6) is 0.151. The lowest BCUT2D eigenvalue weighted by Crippen LogP contribution is -2.27. The van der Waals surface area contributed by atoms with Crippen LogP contribution in [0.2, 0.25) is 0 Å². The molecule has 0 fully saturated rings. The predicted octanol–water partition coefficient (Wildman–Crippen LogP) is 3.33. The molecular weight excluding hydrogens is 314 g/mol. The number of nitrogens with one attached hydrogen (secondary N) is 1. The summed E-state index contributed by atoms with van der Waals surface area (Å²) in [5.41, 5.74) is 0.661. The van der Waals surface area contributed by atoms with Crippen molar-refractivity contribution in [1.82, 2.24) is 10.3 Å². The molecule has 0 bridgehead atoms. The van der Waals surface area contributed by atoms with Gasteiger partial charge in [0.05, 0.1) is 17.2 Å². The van der Waals surface area contributed by atoms with Gasteiger partial charge in [-0.2, -0.15) is 0 Å². The summed E-state index contributed by atoms with van der Waals surface area (Å²) in [6, 6.07) is 8.96. The number of carbonyl (C=O) groups excluding carboxylic acids is 1. The third-order valence-corrected chi connectivity index (χ3v) is 3.46. The number of nitro groups is 1. The molecule has 8 nitrogen and oxygen atoms in total. The highest BCUT2D eigenvalue weighted by Crippen LogP contribution is 2.24. The van der Waals surface area contributed by atoms with E-state index in [1.165, 1.54) is 18.4 Å². The molecule has 0 aliphatic carbocycles. The number of oxazole rings is 1. The van der Waals surface area contributed by atoms with Crippen molar-refractivity contribution in [1.29, 1.82) is 0 Å². The van der Waals surface area contributed by atoms with Crippen molar-refractivity contribution in [3.8, 4) is 11.5 Å². The third-order valence-electron chi connectivity index (χ3n) is 3.46. The second-order valence-corrected chi connectivity index (χ2v) is 5.05. The maximum atomic E-state index is 12.4. The van der Waals surface area contributed by atoms with Gasteiger partial charge in [-0.1, -0.05) is 12.1 Å². The fourth-order valence-corrected chi connectivity index (χ4v) is 2.25. The van der Waals surface area contributed by atoms with Gasteiger partial charge in [0.25, 0.3) is 11.6 Å². The van der Waals surface area contributed by atoms with Gasteiger partial charge >= 0.3 is 0 Å². The number of benzene rings is 1. The molecular formula is C16H13N3O5. The minimum absolute atomic E-state index is 0.0358. The van der Waals surface area contributed by atoms with Gasteiger partial charge in [-0.3, -0.25) is 14.9 Å². The van der Waals surface area contributed by atoms with Crippen molar-refractivity contribution in [2.75, 3.05) is 0 Å². The highest BCUT2D eigenvalue weighted by Gasteiger charge is 2.22. The molecule has 2 aromatic heterocycles. The molecule has 1 aromatic carbocycles. The van der Waals surface area contributed by atoms with Crippen molar-refractivity contribution < 1.29 is 18.6 Å². The Labute approximate surface area is 136 Å². The molecule has 0 aliphatic heterocycles. The first-order valence-electron chi connectivity index (χ1n) is 7.09. The summed E-state index contributed by atoms with van der Waals surface area (Å²) in [6.45, 7) is 1.73. The normalized spacial score (nSPS) is 11.9. The second kappa shape index (κ2) is 6.37. The molecule has 0 spiro atoms. The van der Waals surface area contributed by atoms with Gasteiger partial charge < -0.3 is 14.2 Å². The molecule has 0 saturated carbocycles. The summed E-state index contributed by atoms with van der Waals surface area (Å²) in [4.78, 5) is 26.7. The van der Waals surface area contributed by atoms with Gasteiger partial charge in [0.1, 0.15) is 0 Å². The zero-order valence-electron chi connectivity index (χ0n) is 12.6. The van der Waals surface area contributed by atoms with Crippen LogP contribution in [0.3, 0.4) is 0 Å². The van der Waals surface area contributed by atoms with Crippen LogP contribution in [0, 0.1) is 10.1 Å². The van der Waals surface area contributed by atoms with Gasteiger partial charge in [0.15, 0.2) is 17.8 Å². The summed E-state index contributed by atoms with van der Waals surface area (Å²) in [6.07, 6.45) is 2.62. The van der Waals surface area contributed by atoms with Crippen LogP contribution in [-0.4, -0.2) is 15.8 Å². The highest BCUT2D eigenvalue weighted by atomic mass is 16.6. The molecule has 0 unspecified atom stereocenters. The number of furan rings is 1. The van der Waals surface area contributed by atoms with Gasteiger partial charge in [-0.05, 0) is 24.6 Å². The van der Waals surface area contributed by atoms with Crippen LogP contribution in [0.1, 0.15) is 29.0 Å². The first kappa shape index (κ1) is 15.5. The minimum atomic E-state index is -0.481. The molecule has 122 valence electrons. The standard InChI is InChI=1S/C16H13N3O5/c1-10(11-4-2-5-12(8-11)19(21)22)18-16(20)14-15(24-9-17-14)13-6-3-7-23-13/h2-10H,1H3,(H,18,20)/t10-/m0/s1. The maximum absolute atomic E-state index is 12.4. The van der Waals surface area contributed by atoms with Crippen LogP contribution in [0.25, 0.3) is 11.5 Å². The lowest BCUT2D eigenvalue weighted by atomic mass is 10.1. The van der Waals surface area contributed by atoms with Gasteiger partial charge in [-0.15, -0.1) is 0 Å². The van der Waals surface area contributed by atoms with Gasteiger partial charge in [0.2, 0.25) is 5.76 Å². The average molecular weight is 327 g/mol. The Hall–Kier alpha value is -3.42. The van der Waals surface area contributed by atoms with Crippen molar-refractivity contribution in [3.63, 3.8) is 0 Å². The van der Waals surface area contributed by atoms with Crippen LogP contribution in [0.5, 0.6) is 0 Å². The Kier molecular flexibility index (Phi) is 4.11. The quantitative estimate of drug-likeness (QED) is 0.568. The minimum Gasteiger partial charge on any atom is -0.461 e. The number of carbonyl (C=O) groups is 1. The zero-order chi connectivity index (χ0) is 17.1. The van der Waals surface area contributed by atoms with E-state index in [1.54, 1.807) is 31.2 Å². The van der Waals surface area contributed by atoms with Gasteiger partial charge in [0, 0.05) is 12.1 Å². The Morgan fingerprint density at radius 1 is 1.29 bits per heavy atom. The van der Waals surface area contributed by atoms with Crippen LogP contribution in [-0.2, 0) is 0 Å². The lowest BCUT2D eigenvalue weighted by molar-refractivity contribution is -0.384. The summed E-state index contributed by atoms with van der Waals surface area (Å²) >= 11 is 0. The molecule has 1 N–H and O–H groups in total. The Morgan fingerprint density at radius 3 is 2.83 bits per heavy atom. The Morgan fingerprint density at radius 2 is 2.12 bits per heavy atom. The van der Waals surface area contributed by atoms with Crippen molar-refractivity contribution in [2.24, 2.45) is 0 Å². The average Bonchev–Trinajstić information content (AvgIpc) is 3.25. The summed E-state index contributed by atoms with van der Waals surface area (Å²) in [5, 5.41) is 13.6. The number of amides is 1. The molecule has 1 atom stereocenters. The van der Waals surface area contributed by atoms with Gasteiger partial charge in [-0.25, -0.2) is 4.98 Å². The fourth-order valence-electron chi connectivity index (χ4n) is 2.25. The Bertz CT molecular complexity index is 869. The first-order chi connectivity index (χ1) is 11.6. The first-order valence-corrected chi connectivity index (χ1v) is 7.09. The fraction of sp³-hybridized carbons (Fsp3) is 0.125. The molecule has 3 rings (SSSR count). The van der Waals surface area contributed by atoms with Crippen molar-refractivity contribution in [2.45, 2.75) is 13.0 Å². The van der Waals surface area contributed by atoms with Crippen LogP contribution in [0.15, 0.2) is 57.9 Å². The molecule has 1 amide bonds. The van der Waals surface area contributed by atoms with E-state index in [2.05, 4.69) is 10.3 Å². The smallest absolute Gasteiger partial charge is 0.274 e. The van der Waals surface area contributed by atoms with E-state index in [0.29, 0.717) is 11.3 Å². The second-order valence-electron chi connectivity index (χ2n) is 5.05. The van der Waals surface area contributed by atoms with E-state index in [-0.39, 0.29) is 17.1 Å². The number of nitro benzene ring substituents is 1. The van der Waals surface area contributed by atoms with E-state index in [4.69, 9.17) is 8.83 Å². The number of aromatic nitrogens is 1. The van der Waals surface area contributed by atoms with Crippen LogP contribution in [0.4, 0.5) is 5.69 Å². The predicted molar refractivity (Wildman–Crippen MR) is 83.2 cm³/mol. The largest absolute Gasteiger partial charge is 0.461 e. The highest BCUT2D eigenvalue weighted by molar-refractivity contribution is 5.97. The molecule has 0 saturated heterocycles. The number of hydrogen-bond donors (Lipinski definition) is 1. The van der Waals surface area contributed by atoms with E-state index in [9.17, 15) is 14.9 Å². The van der Waals surface area contributed by atoms with E-state index < -0.39 is 16.9 Å². The number of nitrogens with zero attached hydrogens (tertiary/aromatic N) is 2. The number of hydrogen-bond acceptors (Lipinski definition) is 6. The Balaban J connectivity index is 1.79. The monoisotopic (exact) mass is 327 g/mol. The van der Waals surface area contributed by atoms with Crippen molar-refractivity contribution >= 4 is 11.6 Å². The zero-order valence-corrected chi connectivity index (χ0v) is 12.6. The maximum Gasteiger partial charge on any atom is 0.274 e. The van der Waals surface area contributed by atoms with E-state index in [0.717, 1.165) is 6.39 Å². The summed E-state index contributed by atoms with van der Waals surface area (Å²) in [7, 11) is 0. The molecule has 24 heavy (non-hydrogen) atoms. The van der Waals surface area contributed by atoms with E-state index >= 15 is 0 Å².